The third kappa shape index (κ3) is 2.26. The molecule has 0 aliphatic heterocycles. The molecule has 0 atom stereocenters. The minimum atomic E-state index is -0.268. The highest BCUT2D eigenvalue weighted by Crippen LogP contribution is 2.33. The summed E-state index contributed by atoms with van der Waals surface area (Å²) in [7, 11) is 0. The number of aromatic nitrogens is 2. The summed E-state index contributed by atoms with van der Waals surface area (Å²) in [5, 5.41) is 10.1. The molecule has 0 spiro atoms. The molecule has 4 rings (SSSR count). The fourth-order valence-electron chi connectivity index (χ4n) is 3.33. The lowest BCUT2D eigenvalue weighted by Crippen LogP contribution is -2.08. The molecule has 0 aromatic carbocycles. The lowest BCUT2D eigenvalue weighted by Gasteiger charge is -2.09. The van der Waals surface area contributed by atoms with Crippen LogP contribution in [0.25, 0.3) is 22.1 Å². The average molecular weight is 311 g/mol. The molecule has 3 aromatic heterocycles. The zero-order valence-electron chi connectivity index (χ0n) is 12.6. The number of aliphatic hydroxyl groups excluding tert-OH is 1. The van der Waals surface area contributed by atoms with E-state index in [1.54, 1.807) is 12.3 Å². The van der Waals surface area contributed by atoms with E-state index in [2.05, 4.69) is 9.97 Å². The summed E-state index contributed by atoms with van der Waals surface area (Å²) in [6.07, 6.45) is 6.25. The van der Waals surface area contributed by atoms with Crippen LogP contribution in [0.3, 0.4) is 0 Å². The molecule has 1 fully saturated rings. The van der Waals surface area contributed by atoms with E-state index >= 15 is 0 Å². The zero-order chi connectivity index (χ0) is 16.0. The second-order valence-corrected chi connectivity index (χ2v) is 6.06. The van der Waals surface area contributed by atoms with Crippen molar-refractivity contribution in [3.8, 4) is 0 Å². The third-order valence-electron chi connectivity index (χ3n) is 4.63. The summed E-state index contributed by atoms with van der Waals surface area (Å²) in [6, 6.07) is 3.39. The number of nitrogens with zero attached hydrogens (tertiary/aromatic N) is 2. The van der Waals surface area contributed by atoms with Gasteiger partial charge >= 0.3 is 0 Å². The van der Waals surface area contributed by atoms with Crippen LogP contribution in [0, 0.1) is 0 Å². The molecule has 0 unspecified atom stereocenters. The normalized spacial score (nSPS) is 15.7. The summed E-state index contributed by atoms with van der Waals surface area (Å²) < 4.78 is 5.69. The van der Waals surface area contributed by atoms with E-state index in [-0.39, 0.29) is 23.6 Å². The van der Waals surface area contributed by atoms with E-state index in [0.717, 1.165) is 18.5 Å². The maximum atomic E-state index is 12.8. The van der Waals surface area contributed by atoms with Gasteiger partial charge in [0.1, 0.15) is 5.82 Å². The first kappa shape index (κ1) is 14.1. The van der Waals surface area contributed by atoms with Crippen molar-refractivity contribution in [2.24, 2.45) is 0 Å². The Morgan fingerprint density at radius 2 is 2.04 bits per heavy atom. The number of rotatable bonds is 2. The number of pyridine rings is 2. The Morgan fingerprint density at radius 3 is 2.78 bits per heavy atom. The predicted octanol–water partition coefficient (Wildman–Crippen LogP) is 2.47. The first-order valence-electron chi connectivity index (χ1n) is 7.80. The van der Waals surface area contributed by atoms with Gasteiger partial charge < -0.3 is 15.3 Å². The van der Waals surface area contributed by atoms with E-state index in [1.807, 2.05) is 6.07 Å². The number of hydrogen-bond donors (Lipinski definition) is 2. The summed E-state index contributed by atoms with van der Waals surface area (Å²) in [5.74, 6) is 0.588. The summed E-state index contributed by atoms with van der Waals surface area (Å²) in [4.78, 5) is 21.3. The van der Waals surface area contributed by atoms with Gasteiger partial charge in [-0.3, -0.25) is 9.78 Å². The van der Waals surface area contributed by atoms with Gasteiger partial charge in [0.05, 0.1) is 23.6 Å². The molecule has 0 bridgehead atoms. The Hall–Kier alpha value is -2.47. The van der Waals surface area contributed by atoms with Crippen LogP contribution in [0.2, 0.25) is 0 Å². The molecule has 3 heterocycles. The van der Waals surface area contributed by atoms with Crippen LogP contribution in [0.1, 0.15) is 42.9 Å². The van der Waals surface area contributed by atoms with Gasteiger partial charge in [-0.2, -0.15) is 4.98 Å². The molecule has 1 saturated carbocycles. The van der Waals surface area contributed by atoms with E-state index in [1.165, 1.54) is 12.8 Å². The van der Waals surface area contributed by atoms with E-state index in [4.69, 9.17) is 10.2 Å². The second-order valence-electron chi connectivity index (χ2n) is 6.06. The molecule has 0 amide bonds. The average Bonchev–Trinajstić information content (AvgIpc) is 3.09. The van der Waals surface area contributed by atoms with Crippen LogP contribution >= 0.6 is 0 Å². The van der Waals surface area contributed by atoms with Crippen LogP contribution in [-0.4, -0.2) is 15.1 Å². The maximum Gasteiger partial charge on any atom is 0.232 e. The molecule has 0 saturated heterocycles. The van der Waals surface area contributed by atoms with Gasteiger partial charge in [-0.15, -0.1) is 0 Å². The Kier molecular flexibility index (Phi) is 3.27. The molecule has 6 nitrogen and oxygen atoms in total. The van der Waals surface area contributed by atoms with Crippen molar-refractivity contribution in [1.82, 2.24) is 9.97 Å². The fourth-order valence-corrected chi connectivity index (χ4v) is 3.33. The minimum absolute atomic E-state index is 0.162. The molecule has 3 aromatic rings. The monoisotopic (exact) mass is 311 g/mol. The van der Waals surface area contributed by atoms with Gasteiger partial charge in [-0.05, 0) is 25.0 Å². The Morgan fingerprint density at radius 1 is 1.26 bits per heavy atom. The molecule has 23 heavy (non-hydrogen) atoms. The second kappa shape index (κ2) is 5.31. The van der Waals surface area contributed by atoms with Crippen molar-refractivity contribution in [3.05, 3.63) is 39.8 Å². The highest BCUT2D eigenvalue weighted by molar-refractivity contribution is 5.88. The number of fused-ring (bicyclic) bond motifs is 2. The van der Waals surface area contributed by atoms with Gasteiger partial charge in [0.25, 0.3) is 0 Å². The molecular formula is C17H17N3O3. The number of anilines is 1. The van der Waals surface area contributed by atoms with Crippen molar-refractivity contribution in [2.45, 2.75) is 38.2 Å². The number of hydrogen-bond acceptors (Lipinski definition) is 6. The molecule has 1 aliphatic carbocycles. The number of aliphatic hydroxyl groups is 1. The van der Waals surface area contributed by atoms with E-state index in [9.17, 15) is 9.90 Å². The zero-order valence-corrected chi connectivity index (χ0v) is 12.6. The molecule has 118 valence electrons. The number of nitrogen functional groups attached to an aromatic ring is 1. The van der Waals surface area contributed by atoms with Crippen LogP contribution < -0.4 is 11.2 Å². The smallest absolute Gasteiger partial charge is 0.232 e. The lowest BCUT2D eigenvalue weighted by atomic mass is 10.0. The van der Waals surface area contributed by atoms with Crippen LogP contribution in [0.4, 0.5) is 5.82 Å². The van der Waals surface area contributed by atoms with Crippen LogP contribution in [0.5, 0.6) is 0 Å². The standard InChI is InChI=1S/C17H17N3O3/c18-16-10(8-21)5-12-15(22)11-6-13(9-3-1-2-4-9)19-7-14(11)23-17(12)20-16/h5-7,9,21H,1-4,8H2,(H2,18,20). The topological polar surface area (TPSA) is 102 Å². The maximum absolute atomic E-state index is 12.8. The predicted molar refractivity (Wildman–Crippen MR) is 87.1 cm³/mol. The number of nitrogens with two attached hydrogens (primary N) is 1. The van der Waals surface area contributed by atoms with Crippen molar-refractivity contribution in [2.75, 3.05) is 5.73 Å². The Balaban J connectivity index is 1.97. The van der Waals surface area contributed by atoms with Crippen LogP contribution in [-0.2, 0) is 6.61 Å². The minimum Gasteiger partial charge on any atom is -0.436 e. The van der Waals surface area contributed by atoms with E-state index < -0.39 is 0 Å². The molecule has 0 radical (unpaired) electrons. The fraction of sp³-hybridized carbons (Fsp3) is 0.353. The van der Waals surface area contributed by atoms with Gasteiger partial charge in [-0.25, -0.2) is 0 Å². The SMILES string of the molecule is Nc1nc2oc3cnc(C4CCCC4)cc3c(=O)c2cc1CO. The van der Waals surface area contributed by atoms with Gasteiger partial charge in [0.15, 0.2) is 5.58 Å². The largest absolute Gasteiger partial charge is 0.436 e. The van der Waals surface area contributed by atoms with Gasteiger partial charge in [-0.1, -0.05) is 12.8 Å². The third-order valence-corrected chi connectivity index (χ3v) is 4.63. The quantitative estimate of drug-likeness (QED) is 0.705. The molecule has 3 N–H and O–H groups in total. The van der Waals surface area contributed by atoms with Gasteiger partial charge in [0.2, 0.25) is 11.1 Å². The Bertz CT molecular complexity index is 959. The highest BCUT2D eigenvalue weighted by Gasteiger charge is 2.20. The first-order chi connectivity index (χ1) is 11.2. The summed E-state index contributed by atoms with van der Waals surface area (Å²) >= 11 is 0. The molecule has 6 heteroatoms. The lowest BCUT2D eigenvalue weighted by molar-refractivity contribution is 0.282. The highest BCUT2D eigenvalue weighted by atomic mass is 16.3. The summed E-state index contributed by atoms with van der Waals surface area (Å²) in [5.41, 5.74) is 7.55. The van der Waals surface area contributed by atoms with Gasteiger partial charge in [0, 0.05) is 17.2 Å². The Labute approximate surface area is 132 Å². The van der Waals surface area contributed by atoms with Crippen molar-refractivity contribution in [3.63, 3.8) is 0 Å². The van der Waals surface area contributed by atoms with Crippen LogP contribution in [0.15, 0.2) is 27.5 Å². The van der Waals surface area contributed by atoms with Crippen molar-refractivity contribution >= 4 is 27.9 Å². The summed E-state index contributed by atoms with van der Waals surface area (Å²) in [6.45, 7) is -0.268. The van der Waals surface area contributed by atoms with Crippen molar-refractivity contribution in [1.29, 1.82) is 0 Å². The van der Waals surface area contributed by atoms with E-state index in [0.29, 0.717) is 27.8 Å². The van der Waals surface area contributed by atoms with Crippen molar-refractivity contribution < 1.29 is 9.52 Å². The molecule has 1 aliphatic rings. The first-order valence-corrected chi connectivity index (χ1v) is 7.80. The molecular weight excluding hydrogens is 294 g/mol.